The van der Waals surface area contributed by atoms with Crippen LogP contribution >= 0.6 is 18.8 Å². The van der Waals surface area contributed by atoms with Gasteiger partial charge in [-0.2, -0.15) is 12.3 Å². The third kappa shape index (κ3) is 12.1. The van der Waals surface area contributed by atoms with Gasteiger partial charge in [0.1, 0.15) is 0 Å². The fourth-order valence-electron chi connectivity index (χ4n) is 0.0625. The van der Waals surface area contributed by atoms with Gasteiger partial charge in [0.05, 0.1) is 0 Å². The molecule has 0 aromatic rings. The molecule has 0 atom stereocenters. The van der Waals surface area contributed by atoms with Crippen LogP contribution in [0.2, 0.25) is 13.1 Å². The van der Waals surface area contributed by atoms with Gasteiger partial charge in [-0.3, -0.25) is 0 Å². The molecule has 0 heterocycles. The average Bonchev–Trinajstić information content (AvgIpc) is 1.90. The van der Waals surface area contributed by atoms with Crippen molar-refractivity contribution in [3.63, 3.8) is 0 Å². The van der Waals surface area contributed by atoms with E-state index in [2.05, 4.69) is 13.1 Å². The predicted octanol–water partition coefficient (Wildman–Crippen LogP) is 3.25. The molecule has 0 unspecified atom stereocenters. The maximum absolute atomic E-state index is 6.95. The molecule has 0 saturated heterocycles. The van der Waals surface area contributed by atoms with Crippen molar-refractivity contribution in [1.29, 1.82) is 0 Å². The van der Waals surface area contributed by atoms with Crippen molar-refractivity contribution >= 4 is 26.9 Å². The molecule has 0 radical (unpaired) electrons. The van der Waals surface area contributed by atoms with Crippen LogP contribution in [0.3, 0.4) is 0 Å². The first kappa shape index (κ1) is 14.0. The van der Waals surface area contributed by atoms with Crippen molar-refractivity contribution in [2.75, 3.05) is 12.3 Å². The minimum atomic E-state index is -1.32. The number of halogens is 2. The van der Waals surface area contributed by atoms with Crippen LogP contribution in [0.25, 0.3) is 11.5 Å². The van der Waals surface area contributed by atoms with Gasteiger partial charge in [-0.1, -0.05) is 13.1 Å². The molecule has 0 aliphatic heterocycles. The van der Waals surface area contributed by atoms with Crippen LogP contribution in [0.1, 0.15) is 0 Å². The van der Waals surface area contributed by atoms with Gasteiger partial charge in [0.15, 0.2) is 0 Å². The average molecular weight is 382 g/mol. The molecule has 0 fully saturated rings. The second-order valence-corrected chi connectivity index (χ2v) is 10.9. The number of rotatable bonds is 2. The van der Waals surface area contributed by atoms with E-state index in [1.165, 1.54) is 0 Å². The van der Waals surface area contributed by atoms with E-state index < -0.39 is 24.6 Å². The maximum atomic E-state index is 6.95. The summed E-state index contributed by atoms with van der Waals surface area (Å²) in [5.74, 6) is 0. The van der Waals surface area contributed by atoms with E-state index in [1.54, 1.807) is 0 Å². The summed E-state index contributed by atoms with van der Waals surface area (Å²) >= 11 is -0.472. The van der Waals surface area contributed by atoms with Crippen LogP contribution < -0.4 is 0 Å². The predicted molar refractivity (Wildman–Crippen MR) is 47.6 cm³/mol. The van der Waals surface area contributed by atoms with Gasteiger partial charge in [-0.05, 0) is 0 Å². The van der Waals surface area contributed by atoms with Gasteiger partial charge in [-0.25, -0.2) is 0 Å². The molecule has 6 heteroatoms. The van der Waals surface area contributed by atoms with Gasteiger partial charge >= 0.3 is 35.3 Å². The zero-order valence-corrected chi connectivity index (χ0v) is 10.8. The fraction of sp³-hybridized carbons (Fsp3) is 1.00. The van der Waals surface area contributed by atoms with E-state index in [0.717, 1.165) is 0 Å². The van der Waals surface area contributed by atoms with Crippen LogP contribution in [0.4, 0.5) is 0 Å². The molecule has 0 amide bonds. The Morgan fingerprint density at radius 2 is 1.40 bits per heavy atom. The molecule has 0 bridgehead atoms. The summed E-state index contributed by atoms with van der Waals surface area (Å²) < 4.78 is 0. The molecule has 0 saturated carbocycles. The van der Waals surface area contributed by atoms with Crippen LogP contribution in [0.5, 0.6) is 0 Å². The van der Waals surface area contributed by atoms with E-state index in [9.17, 15) is 0 Å². The standard InChI is InChI=1S/C4H12N2Si.2ClH.Pt/c1-7(2,3-5)4-6;;;/h5-6H,3-4H2,1-2H3;2*1H;/q-2;;;+4/p-2. The Labute approximate surface area is 80.0 Å². The first-order valence-electron chi connectivity index (χ1n) is 2.65. The number of hydrogen-bond acceptors (Lipinski definition) is 0. The monoisotopic (exact) mass is 381 g/mol. The second-order valence-electron chi connectivity index (χ2n) is 2.56. The van der Waals surface area contributed by atoms with Crippen molar-refractivity contribution in [3.8, 4) is 0 Å². The van der Waals surface area contributed by atoms with Crippen molar-refractivity contribution in [3.05, 3.63) is 11.5 Å². The molecule has 0 rings (SSSR count). The second kappa shape index (κ2) is 8.50. The Bertz CT molecular complexity index is 68.3. The SMILES string of the molecule is C[Si](C)(C[NH-])C[NH-].[Cl][Pt+2][Cl]. The molecule has 2 nitrogen and oxygen atoms in total. The Kier molecular flexibility index (Phi) is 11.9. The summed E-state index contributed by atoms with van der Waals surface area (Å²) in [5, 5.41) is 0. The summed E-state index contributed by atoms with van der Waals surface area (Å²) in [4.78, 5) is 0. The summed E-state index contributed by atoms with van der Waals surface area (Å²) in [6.45, 7) is 4.12. The Hall–Kier alpha value is 1.41. The van der Waals surface area contributed by atoms with E-state index in [1.807, 2.05) is 0 Å². The topological polar surface area (TPSA) is 47.6 Å². The quantitative estimate of drug-likeness (QED) is 0.659. The molecular weight excluding hydrogens is 370 g/mol. The molecule has 2 N–H and O–H groups in total. The van der Waals surface area contributed by atoms with Crippen LogP contribution in [0.15, 0.2) is 0 Å². The normalized spacial score (nSPS) is 10.6. The first-order valence-corrected chi connectivity index (χ1v) is 11.7. The van der Waals surface area contributed by atoms with Gasteiger partial charge in [0.25, 0.3) is 0 Å². The Morgan fingerprint density at radius 1 is 1.20 bits per heavy atom. The molecule has 0 spiro atoms. The third-order valence-electron chi connectivity index (χ3n) is 0.957. The third-order valence-corrected chi connectivity index (χ3v) is 2.87. The van der Waals surface area contributed by atoms with Crippen molar-refractivity contribution in [1.82, 2.24) is 0 Å². The van der Waals surface area contributed by atoms with Gasteiger partial charge in [-0.15, -0.1) is 0 Å². The summed E-state index contributed by atoms with van der Waals surface area (Å²) in [6, 6.07) is 0. The summed E-state index contributed by atoms with van der Waals surface area (Å²) in [6.07, 6.45) is 0.993. The van der Waals surface area contributed by atoms with Gasteiger partial charge in [0.2, 0.25) is 0 Å². The summed E-state index contributed by atoms with van der Waals surface area (Å²) in [7, 11) is 8.43. The van der Waals surface area contributed by atoms with E-state index in [-0.39, 0.29) is 0 Å². The zero-order chi connectivity index (χ0) is 8.62. The van der Waals surface area contributed by atoms with Crippen molar-refractivity contribution in [2.24, 2.45) is 0 Å². The number of nitrogens with one attached hydrogen (secondary N) is 2. The Morgan fingerprint density at radius 3 is 1.40 bits per heavy atom. The fourth-order valence-corrected chi connectivity index (χ4v) is 0.187. The molecule has 0 aromatic carbocycles. The van der Waals surface area contributed by atoms with E-state index in [4.69, 9.17) is 30.3 Å². The molecule has 0 aromatic heterocycles. The first-order chi connectivity index (χ1) is 4.54. The minimum absolute atomic E-state index is 0.472. The van der Waals surface area contributed by atoms with Crippen LogP contribution in [-0.2, 0) is 16.5 Å². The van der Waals surface area contributed by atoms with E-state index in [0.29, 0.717) is 12.3 Å². The van der Waals surface area contributed by atoms with Crippen LogP contribution in [-0.4, -0.2) is 20.4 Å². The molecule has 0 aliphatic carbocycles. The number of hydrogen-bond donors (Lipinski definition) is 0. The molecular formula is C4H12Cl2N2PtSi. The van der Waals surface area contributed by atoms with Gasteiger partial charge < -0.3 is 11.5 Å². The Balaban J connectivity index is 0. The molecule has 10 heavy (non-hydrogen) atoms. The zero-order valence-electron chi connectivity index (χ0n) is 5.99. The molecule has 66 valence electrons. The van der Waals surface area contributed by atoms with Crippen molar-refractivity contribution < 1.29 is 16.5 Å². The van der Waals surface area contributed by atoms with Crippen molar-refractivity contribution in [2.45, 2.75) is 13.1 Å². The van der Waals surface area contributed by atoms with Gasteiger partial charge in [0, 0.05) is 8.07 Å². The van der Waals surface area contributed by atoms with Crippen LogP contribution in [0, 0.1) is 0 Å². The summed E-state index contributed by atoms with van der Waals surface area (Å²) in [5.41, 5.74) is 13.9. The van der Waals surface area contributed by atoms with E-state index >= 15 is 0 Å². The molecule has 0 aliphatic rings.